The topological polar surface area (TPSA) is 59.9 Å². The van der Waals surface area contributed by atoms with Crippen LogP contribution in [0.2, 0.25) is 0 Å². The van der Waals surface area contributed by atoms with E-state index in [9.17, 15) is 0 Å². The fraction of sp³-hybridized carbons (Fsp3) is 0.500. The van der Waals surface area contributed by atoms with Crippen LogP contribution < -0.4 is 10.1 Å². The molecule has 0 aliphatic heterocycles. The Morgan fingerprint density at radius 1 is 1.55 bits per heavy atom. The van der Waals surface area contributed by atoms with Gasteiger partial charge >= 0.3 is 6.01 Å². The zero-order chi connectivity index (χ0) is 8.10. The summed E-state index contributed by atoms with van der Waals surface area (Å²) in [5.74, 6) is 0.462. The molecule has 0 spiro atoms. The number of ether oxygens (including phenoxy) is 1. The van der Waals surface area contributed by atoms with Gasteiger partial charge in [-0.05, 0) is 6.92 Å². The molecule has 0 aliphatic carbocycles. The van der Waals surface area contributed by atoms with Gasteiger partial charge < -0.3 is 10.1 Å². The molecule has 0 saturated carbocycles. The average Bonchev–Trinajstić information content (AvgIpc) is 2.06. The summed E-state index contributed by atoms with van der Waals surface area (Å²) in [7, 11) is 1.72. The number of aromatic nitrogens is 3. The lowest BCUT2D eigenvalue weighted by atomic mass is 10.8. The largest absolute Gasteiger partial charge is 0.464 e. The number of hydrogen-bond acceptors (Lipinski definition) is 5. The Bertz CT molecular complexity index is 228. The van der Waals surface area contributed by atoms with Crippen molar-refractivity contribution in [3.05, 3.63) is 6.33 Å². The Morgan fingerprint density at radius 3 is 3.00 bits per heavy atom. The van der Waals surface area contributed by atoms with Crippen molar-refractivity contribution in [2.45, 2.75) is 6.92 Å². The lowest BCUT2D eigenvalue weighted by Gasteiger charge is -2.00. The van der Waals surface area contributed by atoms with Crippen LogP contribution in [0.4, 0.5) is 5.95 Å². The van der Waals surface area contributed by atoms with Crippen LogP contribution in [-0.2, 0) is 0 Å². The van der Waals surface area contributed by atoms with Crippen LogP contribution in [0.15, 0.2) is 0 Å². The van der Waals surface area contributed by atoms with E-state index < -0.39 is 0 Å². The zero-order valence-corrected chi connectivity index (χ0v) is 6.46. The van der Waals surface area contributed by atoms with E-state index in [-0.39, 0.29) is 0 Å². The fourth-order valence-electron chi connectivity index (χ4n) is 0.561. The maximum absolute atomic E-state index is 5.01. The molecule has 5 nitrogen and oxygen atoms in total. The van der Waals surface area contributed by atoms with E-state index in [2.05, 4.69) is 26.6 Å². The highest BCUT2D eigenvalue weighted by molar-refractivity contribution is 5.21. The monoisotopic (exact) mass is 153 g/mol. The normalized spacial score (nSPS) is 9.27. The van der Waals surface area contributed by atoms with Gasteiger partial charge in [-0.2, -0.15) is 15.0 Å². The minimum absolute atomic E-state index is 0.298. The predicted molar refractivity (Wildman–Crippen MR) is 39.4 cm³/mol. The summed E-state index contributed by atoms with van der Waals surface area (Å²) >= 11 is 0. The molecule has 0 amide bonds. The van der Waals surface area contributed by atoms with E-state index in [1.807, 2.05) is 6.92 Å². The molecular formula is C6H9N4O. The molecule has 0 aromatic carbocycles. The fourth-order valence-corrected chi connectivity index (χ4v) is 0.561. The summed E-state index contributed by atoms with van der Waals surface area (Å²) in [4.78, 5) is 11.3. The smallest absolute Gasteiger partial charge is 0.321 e. The molecule has 1 radical (unpaired) electrons. The van der Waals surface area contributed by atoms with E-state index in [0.717, 1.165) is 0 Å². The molecule has 1 rings (SSSR count). The minimum atomic E-state index is 0.298. The number of anilines is 1. The Morgan fingerprint density at radius 2 is 2.36 bits per heavy atom. The SMILES string of the molecule is CCOc1n[c]nc(NC)n1. The van der Waals surface area contributed by atoms with Gasteiger partial charge in [0.15, 0.2) is 0 Å². The standard InChI is InChI=1S/C6H9N4O/c1-3-11-6-9-4-8-5(7-2)10-6/h3H2,1-2H3,(H,7,8,9,10). The quantitative estimate of drug-likeness (QED) is 0.668. The third-order valence-electron chi connectivity index (χ3n) is 1.00. The van der Waals surface area contributed by atoms with Crippen molar-refractivity contribution >= 4 is 5.95 Å². The van der Waals surface area contributed by atoms with Crippen molar-refractivity contribution < 1.29 is 4.74 Å². The third-order valence-corrected chi connectivity index (χ3v) is 1.00. The average molecular weight is 153 g/mol. The molecule has 1 aromatic rings. The Kier molecular flexibility index (Phi) is 2.59. The second-order valence-corrected chi connectivity index (χ2v) is 1.72. The summed E-state index contributed by atoms with van der Waals surface area (Å²) in [5, 5.41) is 2.75. The van der Waals surface area contributed by atoms with E-state index in [4.69, 9.17) is 4.74 Å². The molecule has 0 fully saturated rings. The van der Waals surface area contributed by atoms with Gasteiger partial charge in [-0.1, -0.05) is 0 Å². The number of rotatable bonds is 3. The third kappa shape index (κ3) is 2.03. The van der Waals surface area contributed by atoms with Crippen molar-refractivity contribution in [3.8, 4) is 6.01 Å². The molecule has 0 aliphatic rings. The van der Waals surface area contributed by atoms with Gasteiger partial charge in [-0.3, -0.25) is 0 Å². The lowest BCUT2D eigenvalue weighted by Crippen LogP contribution is -2.02. The maximum Gasteiger partial charge on any atom is 0.321 e. The Labute approximate surface area is 64.8 Å². The van der Waals surface area contributed by atoms with Crippen molar-refractivity contribution in [3.63, 3.8) is 0 Å². The molecule has 1 heterocycles. The van der Waals surface area contributed by atoms with Crippen LogP contribution in [0.25, 0.3) is 0 Å². The number of hydrogen-bond donors (Lipinski definition) is 1. The first-order chi connectivity index (χ1) is 5.36. The van der Waals surface area contributed by atoms with E-state index >= 15 is 0 Å². The summed E-state index contributed by atoms with van der Waals surface area (Å²) in [5.41, 5.74) is 0. The van der Waals surface area contributed by atoms with E-state index in [1.165, 1.54) is 0 Å². The molecule has 0 saturated heterocycles. The van der Waals surface area contributed by atoms with Gasteiger partial charge in [0, 0.05) is 7.05 Å². The Balaban J connectivity index is 2.74. The first-order valence-corrected chi connectivity index (χ1v) is 3.29. The highest BCUT2D eigenvalue weighted by Crippen LogP contribution is 2.01. The van der Waals surface area contributed by atoms with Gasteiger partial charge in [0.2, 0.25) is 12.3 Å². The molecule has 1 aromatic heterocycles. The first-order valence-electron chi connectivity index (χ1n) is 3.29. The second kappa shape index (κ2) is 3.70. The van der Waals surface area contributed by atoms with Gasteiger partial charge in [-0.15, -0.1) is 0 Å². The van der Waals surface area contributed by atoms with Crippen molar-refractivity contribution in [1.82, 2.24) is 15.0 Å². The van der Waals surface area contributed by atoms with Crippen LogP contribution in [-0.4, -0.2) is 28.6 Å². The van der Waals surface area contributed by atoms with Gasteiger partial charge in [0.05, 0.1) is 6.61 Å². The molecule has 1 N–H and O–H groups in total. The zero-order valence-electron chi connectivity index (χ0n) is 6.46. The molecule has 0 unspecified atom stereocenters. The summed E-state index contributed by atoms with van der Waals surface area (Å²) < 4.78 is 5.01. The van der Waals surface area contributed by atoms with Crippen LogP contribution in [0.3, 0.4) is 0 Å². The molecule has 5 heteroatoms. The summed E-state index contributed by atoms with van der Waals surface area (Å²) in [6, 6.07) is 0.298. The van der Waals surface area contributed by atoms with Crippen molar-refractivity contribution in [2.24, 2.45) is 0 Å². The van der Waals surface area contributed by atoms with Gasteiger partial charge in [-0.25, -0.2) is 0 Å². The summed E-state index contributed by atoms with van der Waals surface area (Å²) in [6.07, 6.45) is 2.42. The minimum Gasteiger partial charge on any atom is -0.464 e. The molecule has 11 heavy (non-hydrogen) atoms. The molecular weight excluding hydrogens is 144 g/mol. The number of nitrogens with zero attached hydrogens (tertiary/aromatic N) is 3. The molecule has 0 atom stereocenters. The van der Waals surface area contributed by atoms with E-state index in [1.54, 1.807) is 7.05 Å². The van der Waals surface area contributed by atoms with Crippen LogP contribution in [0, 0.1) is 6.33 Å². The maximum atomic E-state index is 5.01. The lowest BCUT2D eigenvalue weighted by molar-refractivity contribution is 0.311. The van der Waals surface area contributed by atoms with Crippen molar-refractivity contribution in [2.75, 3.05) is 19.0 Å². The number of nitrogens with one attached hydrogen (secondary N) is 1. The summed E-state index contributed by atoms with van der Waals surface area (Å²) in [6.45, 7) is 2.41. The second-order valence-electron chi connectivity index (χ2n) is 1.72. The predicted octanol–water partition coefficient (Wildman–Crippen LogP) is 0.112. The highest BCUT2D eigenvalue weighted by atomic mass is 16.5. The highest BCUT2D eigenvalue weighted by Gasteiger charge is 1.97. The Hall–Kier alpha value is -1.39. The van der Waals surface area contributed by atoms with Crippen molar-refractivity contribution in [1.29, 1.82) is 0 Å². The first kappa shape index (κ1) is 7.71. The van der Waals surface area contributed by atoms with Gasteiger partial charge in [0.1, 0.15) is 0 Å². The van der Waals surface area contributed by atoms with Gasteiger partial charge in [0.25, 0.3) is 0 Å². The van der Waals surface area contributed by atoms with Crippen LogP contribution >= 0.6 is 0 Å². The molecule has 59 valence electrons. The van der Waals surface area contributed by atoms with E-state index in [0.29, 0.717) is 18.6 Å². The van der Waals surface area contributed by atoms with Crippen LogP contribution in [0.5, 0.6) is 6.01 Å². The van der Waals surface area contributed by atoms with Crippen LogP contribution in [0.1, 0.15) is 6.92 Å². The molecule has 0 bridgehead atoms.